The third kappa shape index (κ3) is 4.86. The lowest BCUT2D eigenvalue weighted by Gasteiger charge is -2.08. The molecule has 6 nitrogen and oxygen atoms in total. The van der Waals surface area contributed by atoms with Crippen LogP contribution in [0.4, 0.5) is 5.00 Å². The number of nitrogens with zero attached hydrogens (tertiary/aromatic N) is 4. The fraction of sp³-hybridized carbons (Fsp3) is 0.364. The minimum atomic E-state index is -0.131. The van der Waals surface area contributed by atoms with Crippen molar-refractivity contribution in [1.82, 2.24) is 14.8 Å². The van der Waals surface area contributed by atoms with Crippen LogP contribution in [0.2, 0.25) is 0 Å². The van der Waals surface area contributed by atoms with Crippen molar-refractivity contribution in [3.63, 3.8) is 0 Å². The highest BCUT2D eigenvalue weighted by atomic mass is 79.9. The average Bonchev–Trinajstić information content (AvgIpc) is 3.24. The number of benzene rings is 1. The molecule has 1 aromatic carbocycles. The molecule has 1 amide bonds. The van der Waals surface area contributed by atoms with E-state index in [2.05, 4.69) is 37.5 Å². The number of hydrogen-bond acceptors (Lipinski definition) is 6. The van der Waals surface area contributed by atoms with Crippen molar-refractivity contribution in [2.75, 3.05) is 11.1 Å². The summed E-state index contributed by atoms with van der Waals surface area (Å²) in [6.07, 6.45) is 5.38. The number of hydrogen-bond donors (Lipinski definition) is 1. The first-order valence-electron chi connectivity index (χ1n) is 10.3. The molecule has 2 heterocycles. The molecule has 0 saturated carbocycles. The standard InChI is InChI=1S/C22H22BrN5OS2/c1-2-28-20(14-8-10-15(23)11-9-14)26-27-22(28)30-13-19(29)25-21-17(12-24)16-6-4-3-5-7-18(16)31-21/h8-11H,2-7,13H2,1H3,(H,25,29). The van der Waals surface area contributed by atoms with Gasteiger partial charge in [0.05, 0.1) is 11.3 Å². The number of carbonyl (C=O) groups is 1. The van der Waals surface area contributed by atoms with Crippen molar-refractivity contribution in [2.45, 2.75) is 50.7 Å². The zero-order chi connectivity index (χ0) is 21.8. The maximum absolute atomic E-state index is 12.7. The highest BCUT2D eigenvalue weighted by molar-refractivity contribution is 9.10. The lowest BCUT2D eigenvalue weighted by atomic mass is 10.1. The molecule has 0 saturated heterocycles. The fourth-order valence-corrected chi connectivity index (χ4v) is 6.06. The van der Waals surface area contributed by atoms with E-state index in [1.807, 2.05) is 35.8 Å². The molecule has 31 heavy (non-hydrogen) atoms. The van der Waals surface area contributed by atoms with Gasteiger partial charge < -0.3 is 9.88 Å². The van der Waals surface area contributed by atoms with E-state index in [9.17, 15) is 10.1 Å². The van der Waals surface area contributed by atoms with E-state index < -0.39 is 0 Å². The molecular formula is C22H22BrN5OS2. The van der Waals surface area contributed by atoms with Gasteiger partial charge in [-0.3, -0.25) is 4.79 Å². The molecule has 0 aliphatic heterocycles. The summed E-state index contributed by atoms with van der Waals surface area (Å²) in [5.74, 6) is 0.867. The third-order valence-corrected chi connectivity index (χ3v) is 7.96. The number of thioether (sulfide) groups is 1. The average molecular weight is 516 g/mol. The van der Waals surface area contributed by atoms with E-state index >= 15 is 0 Å². The summed E-state index contributed by atoms with van der Waals surface area (Å²) in [5, 5.41) is 22.6. The van der Waals surface area contributed by atoms with Crippen molar-refractivity contribution in [2.24, 2.45) is 0 Å². The van der Waals surface area contributed by atoms with E-state index in [0.717, 1.165) is 47.1 Å². The third-order valence-electron chi connectivity index (χ3n) is 5.25. The lowest BCUT2D eigenvalue weighted by molar-refractivity contribution is -0.113. The van der Waals surface area contributed by atoms with E-state index in [4.69, 9.17) is 0 Å². The van der Waals surface area contributed by atoms with Gasteiger partial charge in [0.25, 0.3) is 0 Å². The molecule has 0 radical (unpaired) electrons. The largest absolute Gasteiger partial charge is 0.316 e. The number of rotatable bonds is 6. The first-order valence-corrected chi connectivity index (χ1v) is 12.9. The van der Waals surface area contributed by atoms with Crippen LogP contribution in [0.25, 0.3) is 11.4 Å². The van der Waals surface area contributed by atoms with Crippen molar-refractivity contribution in [1.29, 1.82) is 5.26 Å². The summed E-state index contributed by atoms with van der Waals surface area (Å²) in [6, 6.07) is 10.2. The number of fused-ring (bicyclic) bond motifs is 1. The fourth-order valence-electron chi connectivity index (χ4n) is 3.73. The monoisotopic (exact) mass is 515 g/mol. The second-order valence-corrected chi connectivity index (χ2v) is 10.2. The van der Waals surface area contributed by atoms with Crippen LogP contribution in [-0.2, 0) is 24.2 Å². The van der Waals surface area contributed by atoms with Gasteiger partial charge >= 0.3 is 0 Å². The number of aryl methyl sites for hydroxylation is 1. The van der Waals surface area contributed by atoms with E-state index in [1.54, 1.807) is 11.3 Å². The van der Waals surface area contributed by atoms with Gasteiger partial charge in [-0.2, -0.15) is 5.26 Å². The SMILES string of the molecule is CCn1c(SCC(=O)Nc2sc3c(c2C#N)CCCCC3)nnc1-c1ccc(Br)cc1. The summed E-state index contributed by atoms with van der Waals surface area (Å²) in [5.41, 5.74) is 2.76. The minimum Gasteiger partial charge on any atom is -0.316 e. The van der Waals surface area contributed by atoms with E-state index in [0.29, 0.717) is 22.3 Å². The Balaban J connectivity index is 1.45. The Morgan fingerprint density at radius 1 is 1.26 bits per heavy atom. The first-order chi connectivity index (χ1) is 15.1. The normalized spacial score (nSPS) is 13.3. The van der Waals surface area contributed by atoms with Crippen LogP contribution >= 0.6 is 39.0 Å². The molecule has 2 aromatic heterocycles. The molecule has 9 heteroatoms. The number of nitrogens with one attached hydrogen (secondary N) is 1. The van der Waals surface area contributed by atoms with Gasteiger partial charge in [-0.1, -0.05) is 46.2 Å². The van der Waals surface area contributed by atoms with Crippen LogP contribution in [0.1, 0.15) is 42.2 Å². The second-order valence-electron chi connectivity index (χ2n) is 7.27. The van der Waals surface area contributed by atoms with E-state index in [-0.39, 0.29) is 11.7 Å². The quantitative estimate of drug-likeness (QED) is 0.338. The van der Waals surface area contributed by atoms with Crippen molar-refractivity contribution >= 4 is 49.9 Å². The van der Waals surface area contributed by atoms with Crippen molar-refractivity contribution < 1.29 is 4.79 Å². The van der Waals surface area contributed by atoms with Gasteiger partial charge in [-0.05, 0) is 50.3 Å². The molecule has 3 aromatic rings. The summed E-state index contributed by atoms with van der Waals surface area (Å²) in [4.78, 5) is 13.9. The number of aromatic nitrogens is 3. The number of halogens is 1. The Hall–Kier alpha value is -2.15. The molecule has 1 aliphatic rings. The van der Waals surface area contributed by atoms with Crippen LogP contribution in [0.5, 0.6) is 0 Å². The van der Waals surface area contributed by atoms with Gasteiger partial charge in [0.1, 0.15) is 11.1 Å². The molecule has 0 fully saturated rings. The minimum absolute atomic E-state index is 0.131. The Morgan fingerprint density at radius 2 is 2.03 bits per heavy atom. The van der Waals surface area contributed by atoms with Gasteiger partial charge in [0, 0.05) is 21.5 Å². The van der Waals surface area contributed by atoms with Gasteiger partial charge in [0.2, 0.25) is 5.91 Å². The topological polar surface area (TPSA) is 83.6 Å². The molecule has 1 N–H and O–H groups in total. The summed E-state index contributed by atoms with van der Waals surface area (Å²) >= 11 is 6.37. The Kier molecular flexibility index (Phi) is 7.10. The maximum atomic E-state index is 12.7. The van der Waals surface area contributed by atoms with Crippen molar-refractivity contribution in [3.05, 3.63) is 44.7 Å². The molecule has 160 valence electrons. The van der Waals surface area contributed by atoms with Crippen LogP contribution in [-0.4, -0.2) is 26.4 Å². The van der Waals surface area contributed by atoms with Crippen LogP contribution < -0.4 is 5.32 Å². The molecule has 0 unspecified atom stereocenters. The molecular weight excluding hydrogens is 494 g/mol. The number of thiophene rings is 1. The number of carbonyl (C=O) groups excluding carboxylic acids is 1. The Bertz CT molecular complexity index is 1130. The highest BCUT2D eigenvalue weighted by Gasteiger charge is 2.21. The Morgan fingerprint density at radius 3 is 2.77 bits per heavy atom. The second kappa shape index (κ2) is 9.98. The molecule has 0 atom stereocenters. The highest BCUT2D eigenvalue weighted by Crippen LogP contribution is 2.37. The van der Waals surface area contributed by atoms with Crippen LogP contribution in [0, 0.1) is 11.3 Å². The zero-order valence-electron chi connectivity index (χ0n) is 17.2. The van der Waals surface area contributed by atoms with Crippen molar-refractivity contribution in [3.8, 4) is 17.5 Å². The number of nitriles is 1. The summed E-state index contributed by atoms with van der Waals surface area (Å²) in [7, 11) is 0. The molecule has 4 rings (SSSR count). The van der Waals surface area contributed by atoms with Crippen LogP contribution in [0.15, 0.2) is 33.9 Å². The Labute approximate surface area is 198 Å². The lowest BCUT2D eigenvalue weighted by Crippen LogP contribution is -2.14. The van der Waals surface area contributed by atoms with Gasteiger partial charge in [0.15, 0.2) is 11.0 Å². The predicted octanol–water partition coefficient (Wildman–Crippen LogP) is 5.66. The summed E-state index contributed by atoms with van der Waals surface area (Å²) in [6.45, 7) is 2.74. The predicted molar refractivity (Wildman–Crippen MR) is 128 cm³/mol. The summed E-state index contributed by atoms with van der Waals surface area (Å²) < 4.78 is 3.02. The zero-order valence-corrected chi connectivity index (χ0v) is 20.4. The first kappa shape index (κ1) is 22.1. The van der Waals surface area contributed by atoms with Gasteiger partial charge in [-0.25, -0.2) is 0 Å². The number of amides is 1. The molecule has 0 bridgehead atoms. The molecule has 1 aliphatic carbocycles. The van der Waals surface area contributed by atoms with E-state index in [1.165, 1.54) is 23.1 Å². The van der Waals surface area contributed by atoms with Crippen LogP contribution in [0.3, 0.4) is 0 Å². The number of anilines is 1. The van der Waals surface area contributed by atoms with Gasteiger partial charge in [-0.15, -0.1) is 21.5 Å². The smallest absolute Gasteiger partial charge is 0.235 e. The maximum Gasteiger partial charge on any atom is 0.235 e. The molecule has 0 spiro atoms.